The van der Waals surface area contributed by atoms with Crippen molar-refractivity contribution in [3.63, 3.8) is 0 Å². The first-order valence-corrected chi connectivity index (χ1v) is 9.40. The molecule has 7 heteroatoms. The zero-order chi connectivity index (χ0) is 17.8. The van der Waals surface area contributed by atoms with Crippen molar-refractivity contribution in [1.29, 1.82) is 0 Å². The summed E-state index contributed by atoms with van der Waals surface area (Å²) < 4.78 is 1.78. The van der Waals surface area contributed by atoms with E-state index in [1.165, 1.54) is 0 Å². The molecule has 1 aromatic heterocycles. The van der Waals surface area contributed by atoms with Gasteiger partial charge in [-0.05, 0) is 18.4 Å². The highest BCUT2D eigenvalue weighted by Crippen LogP contribution is 2.23. The fraction of sp³-hybridized carbons (Fsp3) is 0.778. The van der Waals surface area contributed by atoms with Gasteiger partial charge in [-0.3, -0.25) is 19.3 Å². The van der Waals surface area contributed by atoms with Crippen LogP contribution in [-0.4, -0.2) is 93.5 Å². The minimum Gasteiger partial charge on any atom is -0.390 e. The van der Waals surface area contributed by atoms with Gasteiger partial charge < -0.3 is 10.0 Å². The summed E-state index contributed by atoms with van der Waals surface area (Å²) >= 11 is 0. The van der Waals surface area contributed by atoms with Gasteiger partial charge >= 0.3 is 0 Å². The molecule has 140 valence electrons. The van der Waals surface area contributed by atoms with E-state index in [2.05, 4.69) is 21.8 Å². The lowest BCUT2D eigenvalue weighted by Gasteiger charge is -2.30. The lowest BCUT2D eigenvalue weighted by atomic mass is 10.0. The molecule has 2 aliphatic rings. The van der Waals surface area contributed by atoms with Crippen LogP contribution in [0.25, 0.3) is 0 Å². The predicted octanol–water partition coefficient (Wildman–Crippen LogP) is 0.119. The van der Waals surface area contributed by atoms with Gasteiger partial charge in [-0.25, -0.2) is 0 Å². The molecule has 0 saturated carbocycles. The number of aromatic nitrogens is 2. The number of likely N-dealkylation sites (tertiary alicyclic amines) is 1. The van der Waals surface area contributed by atoms with E-state index in [0.29, 0.717) is 25.0 Å². The molecular formula is C18H31N5O2. The minimum absolute atomic E-state index is 0.185. The fourth-order valence-electron chi connectivity index (χ4n) is 4.24. The molecule has 0 bridgehead atoms. The summed E-state index contributed by atoms with van der Waals surface area (Å²) in [6.07, 6.45) is 4.27. The Bertz CT molecular complexity index is 550. The highest BCUT2D eigenvalue weighted by atomic mass is 16.3. The van der Waals surface area contributed by atoms with E-state index in [1.54, 1.807) is 17.8 Å². The second-order valence-electron chi connectivity index (χ2n) is 7.54. The van der Waals surface area contributed by atoms with E-state index in [9.17, 15) is 9.90 Å². The van der Waals surface area contributed by atoms with Gasteiger partial charge in [-0.15, -0.1) is 0 Å². The molecule has 0 radical (unpaired) electrons. The topological polar surface area (TPSA) is 64.8 Å². The van der Waals surface area contributed by atoms with Crippen molar-refractivity contribution in [1.82, 2.24) is 24.5 Å². The third-order valence-electron chi connectivity index (χ3n) is 5.52. The molecule has 25 heavy (non-hydrogen) atoms. The minimum atomic E-state index is -0.400. The lowest BCUT2D eigenvalue weighted by Crippen LogP contribution is -2.43. The zero-order valence-corrected chi connectivity index (χ0v) is 15.4. The first-order chi connectivity index (χ1) is 12.0. The molecule has 1 amide bonds. The van der Waals surface area contributed by atoms with Crippen molar-refractivity contribution in [2.45, 2.75) is 39.0 Å². The molecule has 2 aliphatic heterocycles. The van der Waals surface area contributed by atoms with Crippen LogP contribution in [0, 0.1) is 5.92 Å². The highest BCUT2D eigenvalue weighted by Gasteiger charge is 2.35. The molecule has 3 heterocycles. The number of carbonyl (C=O) groups excluding carboxylic acids is 1. The summed E-state index contributed by atoms with van der Waals surface area (Å²) in [6.45, 7) is 10.9. The molecular weight excluding hydrogens is 318 g/mol. The average Bonchev–Trinajstić information content (AvgIpc) is 3.10. The Morgan fingerprint density at radius 3 is 2.80 bits per heavy atom. The lowest BCUT2D eigenvalue weighted by molar-refractivity contribution is -0.128. The molecule has 1 N–H and O–H groups in total. The van der Waals surface area contributed by atoms with Crippen LogP contribution < -0.4 is 0 Å². The van der Waals surface area contributed by atoms with Gasteiger partial charge in [0.2, 0.25) is 5.91 Å². The van der Waals surface area contributed by atoms with E-state index < -0.39 is 6.10 Å². The molecule has 3 atom stereocenters. The Labute approximate surface area is 150 Å². The smallest absolute Gasteiger partial charge is 0.219 e. The average molecular weight is 349 g/mol. The Morgan fingerprint density at radius 1 is 1.24 bits per heavy atom. The fourth-order valence-corrected chi connectivity index (χ4v) is 4.24. The van der Waals surface area contributed by atoms with Crippen molar-refractivity contribution < 1.29 is 9.90 Å². The Hall–Kier alpha value is -1.44. The number of hydrogen-bond donors (Lipinski definition) is 1. The van der Waals surface area contributed by atoms with Crippen molar-refractivity contribution in [3.8, 4) is 0 Å². The number of β-amino-alcohol motifs (C(OH)–C–C–N with tert-alkyl or cyclic N) is 1. The van der Waals surface area contributed by atoms with Gasteiger partial charge in [-0.2, -0.15) is 5.10 Å². The van der Waals surface area contributed by atoms with Crippen LogP contribution in [-0.2, 0) is 11.3 Å². The molecule has 7 nitrogen and oxygen atoms in total. The summed E-state index contributed by atoms with van der Waals surface area (Å²) in [5.74, 6) is 0.769. The Kier molecular flexibility index (Phi) is 6.09. The largest absolute Gasteiger partial charge is 0.390 e. The summed E-state index contributed by atoms with van der Waals surface area (Å²) in [7, 11) is 0. The van der Waals surface area contributed by atoms with Crippen molar-refractivity contribution in [2.75, 3.05) is 45.8 Å². The maximum absolute atomic E-state index is 11.6. The predicted molar refractivity (Wildman–Crippen MR) is 96.1 cm³/mol. The van der Waals surface area contributed by atoms with Crippen molar-refractivity contribution in [2.24, 2.45) is 5.92 Å². The number of carbonyl (C=O) groups is 1. The second kappa shape index (κ2) is 8.29. The van der Waals surface area contributed by atoms with E-state index in [-0.39, 0.29) is 5.91 Å². The van der Waals surface area contributed by atoms with E-state index >= 15 is 0 Å². The maximum atomic E-state index is 11.6. The number of amides is 1. The molecule has 3 rings (SSSR count). The number of hydrogen-bond acceptors (Lipinski definition) is 5. The molecule has 1 aromatic rings. The monoisotopic (exact) mass is 349 g/mol. The molecule has 0 aliphatic carbocycles. The first kappa shape index (κ1) is 18.4. The van der Waals surface area contributed by atoms with Crippen LogP contribution in [0.2, 0.25) is 0 Å². The van der Waals surface area contributed by atoms with Gasteiger partial charge in [0, 0.05) is 71.2 Å². The second-order valence-corrected chi connectivity index (χ2v) is 7.54. The van der Waals surface area contributed by atoms with Gasteiger partial charge in [0.25, 0.3) is 0 Å². The van der Waals surface area contributed by atoms with Crippen LogP contribution in [0.4, 0.5) is 0 Å². The van der Waals surface area contributed by atoms with Crippen molar-refractivity contribution in [3.05, 3.63) is 18.5 Å². The molecule has 2 saturated heterocycles. The van der Waals surface area contributed by atoms with Crippen LogP contribution in [0.3, 0.4) is 0 Å². The van der Waals surface area contributed by atoms with Gasteiger partial charge in [-0.1, -0.05) is 6.92 Å². The third kappa shape index (κ3) is 4.80. The zero-order valence-electron chi connectivity index (χ0n) is 15.4. The van der Waals surface area contributed by atoms with Crippen molar-refractivity contribution >= 4 is 5.91 Å². The summed E-state index contributed by atoms with van der Waals surface area (Å²) in [5, 5.41) is 14.5. The maximum Gasteiger partial charge on any atom is 0.219 e. The van der Waals surface area contributed by atoms with E-state index in [1.807, 2.05) is 17.2 Å². The summed E-state index contributed by atoms with van der Waals surface area (Å²) in [6, 6.07) is 2.40. The third-order valence-corrected chi connectivity index (χ3v) is 5.52. The standard InChI is InChI=1S/C18H31N5O2/c1-15-11-20(12-17(25)13-23-8-3-5-19-23)14-18(15)22-7-4-6-21(9-10-22)16(2)24/h3,5,8,15,17-18,25H,4,6-7,9-14H2,1-2H3/t15-,17-,18-/m1/s1. The van der Waals surface area contributed by atoms with Gasteiger partial charge in [0.15, 0.2) is 0 Å². The summed E-state index contributed by atoms with van der Waals surface area (Å²) in [4.78, 5) is 18.5. The first-order valence-electron chi connectivity index (χ1n) is 9.40. The molecule has 0 aromatic carbocycles. The highest BCUT2D eigenvalue weighted by molar-refractivity contribution is 5.73. The normalized spacial score (nSPS) is 27.4. The Morgan fingerprint density at radius 2 is 2.08 bits per heavy atom. The van der Waals surface area contributed by atoms with Crippen LogP contribution in [0.1, 0.15) is 20.3 Å². The number of nitrogens with zero attached hydrogens (tertiary/aromatic N) is 5. The van der Waals surface area contributed by atoms with Crippen LogP contribution in [0.5, 0.6) is 0 Å². The number of aliphatic hydroxyl groups excluding tert-OH is 1. The quantitative estimate of drug-likeness (QED) is 0.818. The SMILES string of the molecule is CC(=O)N1CCCN([C@@H]2CN(C[C@@H](O)Cn3cccn3)C[C@H]2C)CC1. The summed E-state index contributed by atoms with van der Waals surface area (Å²) in [5.41, 5.74) is 0. The van der Waals surface area contributed by atoms with Crippen LogP contribution >= 0.6 is 0 Å². The van der Waals surface area contributed by atoms with E-state index in [4.69, 9.17) is 0 Å². The number of aliphatic hydroxyl groups is 1. The molecule has 0 spiro atoms. The number of rotatable bonds is 5. The van der Waals surface area contributed by atoms with Gasteiger partial charge in [0.1, 0.15) is 0 Å². The van der Waals surface area contributed by atoms with E-state index in [0.717, 1.165) is 45.7 Å². The molecule has 0 unspecified atom stereocenters. The molecule has 2 fully saturated rings. The van der Waals surface area contributed by atoms with Gasteiger partial charge in [0.05, 0.1) is 12.6 Å². The Balaban J connectivity index is 1.50. The van der Waals surface area contributed by atoms with Crippen LogP contribution in [0.15, 0.2) is 18.5 Å².